The molecule has 0 bridgehead atoms. The van der Waals surface area contributed by atoms with Crippen molar-refractivity contribution in [2.45, 2.75) is 18.9 Å². The molecule has 1 aromatic carbocycles. The summed E-state index contributed by atoms with van der Waals surface area (Å²) in [5, 5.41) is 23.2. The van der Waals surface area contributed by atoms with E-state index in [1.807, 2.05) is 18.0 Å². The van der Waals surface area contributed by atoms with Crippen LogP contribution in [0.1, 0.15) is 18.4 Å². The Morgan fingerprint density at radius 1 is 1.58 bits per heavy atom. The summed E-state index contributed by atoms with van der Waals surface area (Å²) in [5.41, 5.74) is 1.06. The molecule has 1 unspecified atom stereocenters. The fourth-order valence-corrected chi connectivity index (χ4v) is 2.43. The number of nitrogens with zero attached hydrogens (tertiary/aromatic N) is 3. The minimum atomic E-state index is -0.389. The Hall–Kier alpha value is -2.13. The number of nitro groups is 1. The molecule has 1 atom stereocenters. The number of rotatable bonds is 3. The first-order valence-corrected chi connectivity index (χ1v) is 6.26. The largest absolute Gasteiger partial charge is 0.364 e. The summed E-state index contributed by atoms with van der Waals surface area (Å²) >= 11 is 0. The number of anilines is 1. The second kappa shape index (κ2) is 5.67. The average Bonchev–Trinajstić information content (AvgIpc) is 2.46. The first-order chi connectivity index (χ1) is 9.15. The fraction of sp³-hybridized carbons (Fsp3) is 0.462. The van der Waals surface area contributed by atoms with Gasteiger partial charge in [0, 0.05) is 25.2 Å². The number of hydrogen-bond acceptors (Lipinski definition) is 5. The van der Waals surface area contributed by atoms with Gasteiger partial charge in [0.2, 0.25) is 0 Å². The maximum absolute atomic E-state index is 11.1. The first kappa shape index (κ1) is 13.3. The SMILES string of the molecule is CNC1CCCN(c2cc(C#N)ccc2[N+](=O)[O-])C1. The predicted octanol–water partition coefficient (Wildman–Crippen LogP) is 1.65. The van der Waals surface area contributed by atoms with Crippen LogP contribution < -0.4 is 10.2 Å². The van der Waals surface area contributed by atoms with Crippen molar-refractivity contribution in [1.29, 1.82) is 5.26 Å². The Balaban J connectivity index is 2.36. The molecule has 1 aromatic rings. The van der Waals surface area contributed by atoms with Gasteiger partial charge in [-0.1, -0.05) is 0 Å². The summed E-state index contributed by atoms with van der Waals surface area (Å²) in [6.45, 7) is 1.51. The minimum Gasteiger partial charge on any atom is -0.364 e. The van der Waals surface area contributed by atoms with Crippen LogP contribution in [0.4, 0.5) is 11.4 Å². The molecule has 2 rings (SSSR count). The van der Waals surface area contributed by atoms with E-state index in [-0.39, 0.29) is 10.6 Å². The van der Waals surface area contributed by atoms with Crippen LogP contribution in [0.2, 0.25) is 0 Å². The average molecular weight is 260 g/mol. The van der Waals surface area contributed by atoms with Crippen molar-refractivity contribution in [3.05, 3.63) is 33.9 Å². The van der Waals surface area contributed by atoms with Crippen LogP contribution in [0.15, 0.2) is 18.2 Å². The van der Waals surface area contributed by atoms with Gasteiger partial charge in [0.15, 0.2) is 0 Å². The number of likely N-dealkylation sites (N-methyl/N-ethyl adjacent to an activating group) is 1. The topological polar surface area (TPSA) is 82.2 Å². The Bertz CT molecular complexity index is 524. The van der Waals surface area contributed by atoms with Crippen molar-refractivity contribution in [1.82, 2.24) is 5.32 Å². The summed E-state index contributed by atoms with van der Waals surface area (Å²) in [6, 6.07) is 6.87. The number of nitriles is 1. The molecule has 0 aliphatic carbocycles. The Morgan fingerprint density at radius 3 is 3.00 bits per heavy atom. The fourth-order valence-electron chi connectivity index (χ4n) is 2.43. The molecule has 0 radical (unpaired) electrons. The third kappa shape index (κ3) is 2.83. The van der Waals surface area contributed by atoms with Gasteiger partial charge in [0.1, 0.15) is 5.69 Å². The Kier molecular flexibility index (Phi) is 3.97. The number of nitrogens with one attached hydrogen (secondary N) is 1. The van der Waals surface area contributed by atoms with Gasteiger partial charge in [0.25, 0.3) is 5.69 Å². The van der Waals surface area contributed by atoms with E-state index >= 15 is 0 Å². The van der Waals surface area contributed by atoms with Gasteiger partial charge in [-0.25, -0.2) is 0 Å². The lowest BCUT2D eigenvalue weighted by molar-refractivity contribution is -0.384. The van der Waals surface area contributed by atoms with Gasteiger partial charge in [0.05, 0.1) is 16.6 Å². The maximum Gasteiger partial charge on any atom is 0.292 e. The van der Waals surface area contributed by atoms with Gasteiger partial charge in [-0.15, -0.1) is 0 Å². The van der Waals surface area contributed by atoms with Crippen LogP contribution in [0.3, 0.4) is 0 Å². The van der Waals surface area contributed by atoms with Crippen molar-refractivity contribution < 1.29 is 4.92 Å². The summed E-state index contributed by atoms with van der Waals surface area (Å²) in [6.07, 6.45) is 2.05. The highest BCUT2D eigenvalue weighted by molar-refractivity contribution is 5.66. The Morgan fingerprint density at radius 2 is 2.37 bits per heavy atom. The highest BCUT2D eigenvalue weighted by atomic mass is 16.6. The molecule has 0 saturated carbocycles. The quantitative estimate of drug-likeness (QED) is 0.660. The summed E-state index contributed by atoms with van der Waals surface area (Å²) in [4.78, 5) is 12.7. The molecule has 1 heterocycles. The van der Waals surface area contributed by atoms with Gasteiger partial charge >= 0.3 is 0 Å². The molecule has 1 fully saturated rings. The summed E-state index contributed by atoms with van der Waals surface area (Å²) in [7, 11) is 1.90. The summed E-state index contributed by atoms with van der Waals surface area (Å²) < 4.78 is 0. The van der Waals surface area contributed by atoms with E-state index in [1.165, 1.54) is 12.1 Å². The van der Waals surface area contributed by atoms with E-state index in [1.54, 1.807) is 6.07 Å². The number of piperidine rings is 1. The molecular formula is C13H16N4O2. The molecule has 0 aromatic heterocycles. The number of hydrogen-bond donors (Lipinski definition) is 1. The van der Waals surface area contributed by atoms with E-state index in [0.717, 1.165) is 25.9 Å². The van der Waals surface area contributed by atoms with E-state index in [9.17, 15) is 10.1 Å². The normalized spacial score (nSPS) is 18.9. The van der Waals surface area contributed by atoms with Crippen LogP contribution in [-0.2, 0) is 0 Å². The van der Waals surface area contributed by atoms with Crippen LogP contribution >= 0.6 is 0 Å². The summed E-state index contributed by atoms with van der Waals surface area (Å²) in [5.74, 6) is 0. The molecule has 6 nitrogen and oxygen atoms in total. The highest BCUT2D eigenvalue weighted by Gasteiger charge is 2.25. The van der Waals surface area contributed by atoms with Crippen molar-refractivity contribution in [3.63, 3.8) is 0 Å². The molecule has 100 valence electrons. The molecule has 1 aliphatic rings. The lowest BCUT2D eigenvalue weighted by Gasteiger charge is -2.33. The zero-order valence-corrected chi connectivity index (χ0v) is 10.8. The zero-order chi connectivity index (χ0) is 13.8. The molecule has 1 N–H and O–H groups in total. The lowest BCUT2D eigenvalue weighted by atomic mass is 10.0. The Labute approximate surface area is 111 Å². The van der Waals surface area contributed by atoms with Gasteiger partial charge in [-0.2, -0.15) is 5.26 Å². The van der Waals surface area contributed by atoms with E-state index in [0.29, 0.717) is 17.3 Å². The standard InChI is InChI=1S/C13H16N4O2/c1-15-11-3-2-6-16(9-11)13-7-10(8-14)4-5-12(13)17(18)19/h4-5,7,11,15H,2-3,6,9H2,1H3. The van der Waals surface area contributed by atoms with E-state index in [2.05, 4.69) is 5.32 Å². The van der Waals surface area contributed by atoms with Gasteiger partial charge < -0.3 is 10.2 Å². The second-order valence-electron chi connectivity index (χ2n) is 4.65. The van der Waals surface area contributed by atoms with E-state index in [4.69, 9.17) is 5.26 Å². The molecule has 0 spiro atoms. The number of benzene rings is 1. The molecule has 6 heteroatoms. The van der Waals surface area contributed by atoms with Crippen LogP contribution in [0, 0.1) is 21.4 Å². The third-order valence-electron chi connectivity index (χ3n) is 3.47. The van der Waals surface area contributed by atoms with Crippen LogP contribution in [-0.4, -0.2) is 31.1 Å². The number of nitro benzene ring substituents is 1. The second-order valence-corrected chi connectivity index (χ2v) is 4.65. The highest BCUT2D eigenvalue weighted by Crippen LogP contribution is 2.31. The smallest absolute Gasteiger partial charge is 0.292 e. The molecule has 0 amide bonds. The van der Waals surface area contributed by atoms with Crippen molar-refractivity contribution in [2.75, 3.05) is 25.0 Å². The minimum absolute atomic E-state index is 0.0655. The first-order valence-electron chi connectivity index (χ1n) is 6.26. The molecule has 19 heavy (non-hydrogen) atoms. The van der Waals surface area contributed by atoms with Crippen LogP contribution in [0.25, 0.3) is 0 Å². The van der Waals surface area contributed by atoms with Gasteiger partial charge in [-0.05, 0) is 32.0 Å². The van der Waals surface area contributed by atoms with Crippen molar-refractivity contribution in [2.24, 2.45) is 0 Å². The van der Waals surface area contributed by atoms with Crippen molar-refractivity contribution >= 4 is 11.4 Å². The third-order valence-corrected chi connectivity index (χ3v) is 3.47. The van der Waals surface area contributed by atoms with Gasteiger partial charge in [-0.3, -0.25) is 10.1 Å². The molecular weight excluding hydrogens is 244 g/mol. The maximum atomic E-state index is 11.1. The lowest BCUT2D eigenvalue weighted by Crippen LogP contribution is -2.44. The predicted molar refractivity (Wildman–Crippen MR) is 72.1 cm³/mol. The monoisotopic (exact) mass is 260 g/mol. The van der Waals surface area contributed by atoms with E-state index < -0.39 is 0 Å². The van der Waals surface area contributed by atoms with Crippen LogP contribution in [0.5, 0.6) is 0 Å². The zero-order valence-electron chi connectivity index (χ0n) is 10.8. The molecule has 1 saturated heterocycles. The molecule has 1 aliphatic heterocycles. The van der Waals surface area contributed by atoms with Crippen molar-refractivity contribution in [3.8, 4) is 6.07 Å².